The van der Waals surface area contributed by atoms with Crippen LogP contribution in [0.4, 0.5) is 40.7 Å². The Balaban J connectivity index is 1.58. The number of amides is 2. The van der Waals surface area contributed by atoms with Gasteiger partial charge in [0, 0.05) is 23.2 Å². The number of hydrogen-bond acceptors (Lipinski definition) is 5. The van der Waals surface area contributed by atoms with Crippen LogP contribution in [-0.4, -0.2) is 24.0 Å². The van der Waals surface area contributed by atoms with E-state index < -0.39 is 23.6 Å². The first kappa shape index (κ1) is 23.8. The van der Waals surface area contributed by atoms with Gasteiger partial charge in [0.2, 0.25) is 0 Å². The summed E-state index contributed by atoms with van der Waals surface area (Å²) in [6.45, 7) is 4.40. The molecule has 1 aliphatic rings. The average Bonchev–Trinajstić information content (AvgIpc) is 3.07. The molecule has 35 heavy (non-hydrogen) atoms. The summed E-state index contributed by atoms with van der Waals surface area (Å²) < 4.78 is 40.8. The lowest BCUT2D eigenvalue weighted by Crippen LogP contribution is -2.27. The molecule has 0 saturated heterocycles. The van der Waals surface area contributed by atoms with E-state index in [1.54, 1.807) is 30.3 Å². The van der Waals surface area contributed by atoms with Gasteiger partial charge in [-0.25, -0.2) is 4.79 Å². The van der Waals surface area contributed by atoms with Crippen LogP contribution in [0.2, 0.25) is 0 Å². The molecule has 1 aliphatic heterocycles. The van der Waals surface area contributed by atoms with Gasteiger partial charge in [-0.05, 0) is 48.5 Å². The number of carbonyl (C=O) groups excluding carboxylic acids is 1. The minimum Gasteiger partial charge on any atom is -0.506 e. The van der Waals surface area contributed by atoms with E-state index in [0.29, 0.717) is 29.2 Å². The third-order valence-electron chi connectivity index (χ3n) is 5.57. The number of nitrogens with zero attached hydrogens (tertiary/aromatic N) is 2. The number of rotatable bonds is 4. The van der Waals surface area contributed by atoms with Crippen LogP contribution in [0, 0.1) is 11.3 Å². The van der Waals surface area contributed by atoms with Crippen LogP contribution < -0.4 is 20.3 Å². The van der Waals surface area contributed by atoms with Gasteiger partial charge in [-0.3, -0.25) is 0 Å². The minimum atomic E-state index is -4.80. The number of nitrogens with one attached hydrogen (secondary N) is 2. The topological polar surface area (TPSA) is 97.6 Å². The van der Waals surface area contributed by atoms with Crippen LogP contribution in [0.1, 0.15) is 25.0 Å². The Bertz CT molecular complexity index is 1320. The highest BCUT2D eigenvalue weighted by molar-refractivity contribution is 6.02. The lowest BCUT2D eigenvalue weighted by molar-refractivity contribution is -0.274. The van der Waals surface area contributed by atoms with Crippen LogP contribution in [0.3, 0.4) is 0 Å². The molecule has 0 saturated carbocycles. The van der Waals surface area contributed by atoms with Gasteiger partial charge in [-0.2, -0.15) is 5.26 Å². The van der Waals surface area contributed by atoms with Gasteiger partial charge in [0.25, 0.3) is 0 Å². The van der Waals surface area contributed by atoms with Gasteiger partial charge in [-0.1, -0.05) is 26.0 Å². The number of phenols is 1. The largest absolute Gasteiger partial charge is 0.573 e. The highest BCUT2D eigenvalue weighted by atomic mass is 19.4. The first-order valence-corrected chi connectivity index (χ1v) is 10.6. The number of ether oxygens (including phenoxy) is 1. The first-order chi connectivity index (χ1) is 16.5. The van der Waals surface area contributed by atoms with E-state index in [1.165, 1.54) is 18.2 Å². The van der Waals surface area contributed by atoms with Crippen LogP contribution in [0.15, 0.2) is 60.7 Å². The van der Waals surface area contributed by atoms with Gasteiger partial charge in [0.1, 0.15) is 11.5 Å². The zero-order chi connectivity index (χ0) is 25.4. The van der Waals surface area contributed by atoms with Crippen LogP contribution in [-0.2, 0) is 5.41 Å². The molecule has 3 N–H and O–H groups in total. The molecule has 0 atom stereocenters. The molecule has 0 spiro atoms. The summed E-state index contributed by atoms with van der Waals surface area (Å²) in [7, 11) is 0. The molecular weight excluding hydrogens is 461 g/mol. The summed E-state index contributed by atoms with van der Waals surface area (Å²) in [6, 6.07) is 16.4. The maximum absolute atomic E-state index is 12.7. The number of anilines is 4. The van der Waals surface area contributed by atoms with Gasteiger partial charge < -0.3 is 25.4 Å². The first-order valence-electron chi connectivity index (χ1n) is 10.6. The number of para-hydroxylation sites is 2. The van der Waals surface area contributed by atoms with Crippen molar-refractivity contribution in [1.82, 2.24) is 0 Å². The summed E-state index contributed by atoms with van der Waals surface area (Å²) in [5, 5.41) is 25.5. The fourth-order valence-electron chi connectivity index (χ4n) is 4.23. The van der Waals surface area contributed by atoms with Crippen molar-refractivity contribution >= 4 is 28.8 Å². The zero-order valence-electron chi connectivity index (χ0n) is 18.8. The van der Waals surface area contributed by atoms with Crippen molar-refractivity contribution in [3.63, 3.8) is 0 Å². The fraction of sp³-hybridized carbons (Fsp3) is 0.200. The molecule has 7 nitrogen and oxygen atoms in total. The van der Waals surface area contributed by atoms with Crippen LogP contribution >= 0.6 is 0 Å². The van der Waals surface area contributed by atoms with Crippen LogP contribution in [0.25, 0.3) is 0 Å². The Labute approximate surface area is 199 Å². The number of fused-ring (bicyclic) bond motifs is 1. The lowest BCUT2D eigenvalue weighted by Gasteiger charge is -2.25. The van der Waals surface area contributed by atoms with Crippen molar-refractivity contribution < 1.29 is 27.8 Å². The van der Waals surface area contributed by atoms with Crippen LogP contribution in [0.5, 0.6) is 11.5 Å². The number of urea groups is 1. The summed E-state index contributed by atoms with van der Waals surface area (Å²) in [5.41, 5.74) is 2.55. The quantitative estimate of drug-likeness (QED) is 0.409. The van der Waals surface area contributed by atoms with E-state index in [0.717, 1.165) is 17.7 Å². The van der Waals surface area contributed by atoms with E-state index in [-0.39, 0.29) is 11.4 Å². The second-order valence-corrected chi connectivity index (χ2v) is 8.61. The van der Waals surface area contributed by atoms with Gasteiger partial charge in [-0.15, -0.1) is 13.2 Å². The molecule has 0 aliphatic carbocycles. The van der Waals surface area contributed by atoms with Crippen molar-refractivity contribution in [1.29, 1.82) is 5.26 Å². The maximum Gasteiger partial charge on any atom is 0.573 e. The van der Waals surface area contributed by atoms with Crippen molar-refractivity contribution in [2.45, 2.75) is 25.6 Å². The molecule has 0 radical (unpaired) electrons. The minimum absolute atomic E-state index is 0.0185. The number of phenolic OH excluding ortho intramolecular Hbond substituents is 1. The predicted molar refractivity (Wildman–Crippen MR) is 125 cm³/mol. The molecular formula is C25H21F3N4O3. The average molecular weight is 482 g/mol. The second-order valence-electron chi connectivity index (χ2n) is 8.61. The van der Waals surface area contributed by atoms with E-state index in [4.69, 9.17) is 0 Å². The Morgan fingerprint density at radius 3 is 2.43 bits per heavy atom. The normalized spacial score (nSPS) is 14.1. The molecule has 3 aromatic rings. The Hall–Kier alpha value is -4.39. The molecule has 1 heterocycles. The van der Waals surface area contributed by atoms with Crippen molar-refractivity contribution in [3.8, 4) is 17.6 Å². The van der Waals surface area contributed by atoms with Gasteiger partial charge in [0.05, 0.1) is 28.7 Å². The fourth-order valence-corrected chi connectivity index (χ4v) is 4.23. The summed E-state index contributed by atoms with van der Waals surface area (Å²) in [5.74, 6) is -0.384. The molecule has 180 valence electrons. The Morgan fingerprint density at radius 2 is 1.77 bits per heavy atom. The SMILES string of the molecule is CC1(C)CN(c2ccccc2NC(=O)Nc2ccc(OC(F)(F)F)cc2)c2c(O)ccc(C#N)c21. The monoisotopic (exact) mass is 482 g/mol. The summed E-state index contributed by atoms with van der Waals surface area (Å²) in [4.78, 5) is 14.5. The standard InChI is InChI=1S/C25H21F3N4O3/c1-24(2)14-32(22-20(33)12-7-15(13-29)21(22)24)19-6-4-3-5-18(19)31-23(34)30-16-8-10-17(11-9-16)35-25(26,27)28/h3-12,33H,14H2,1-2H3,(H2,30,31,34). The van der Waals surface area contributed by atoms with E-state index in [1.807, 2.05) is 18.7 Å². The predicted octanol–water partition coefficient (Wildman–Crippen LogP) is 6.24. The van der Waals surface area contributed by atoms with Gasteiger partial charge >= 0.3 is 12.4 Å². The third kappa shape index (κ3) is 4.94. The molecule has 0 bridgehead atoms. The number of halogens is 3. The van der Waals surface area contributed by atoms with Crippen molar-refractivity contribution in [2.24, 2.45) is 0 Å². The molecule has 4 rings (SSSR count). The smallest absolute Gasteiger partial charge is 0.506 e. The van der Waals surface area contributed by atoms with E-state index in [2.05, 4.69) is 21.4 Å². The summed E-state index contributed by atoms with van der Waals surface area (Å²) >= 11 is 0. The zero-order valence-corrected chi connectivity index (χ0v) is 18.8. The Kier molecular flexibility index (Phi) is 5.94. The molecule has 2 amide bonds. The highest BCUT2D eigenvalue weighted by Gasteiger charge is 2.40. The molecule has 0 unspecified atom stereocenters. The molecule has 3 aromatic carbocycles. The number of carbonyl (C=O) groups is 1. The van der Waals surface area contributed by atoms with Crippen molar-refractivity contribution in [3.05, 3.63) is 71.8 Å². The maximum atomic E-state index is 12.7. The molecule has 0 fully saturated rings. The molecule has 0 aromatic heterocycles. The Morgan fingerprint density at radius 1 is 1.09 bits per heavy atom. The number of alkyl halides is 3. The number of nitriles is 1. The van der Waals surface area contributed by atoms with Gasteiger partial charge in [0.15, 0.2) is 0 Å². The number of aromatic hydroxyl groups is 1. The lowest BCUT2D eigenvalue weighted by atomic mass is 9.84. The van der Waals surface area contributed by atoms with Crippen molar-refractivity contribution in [2.75, 3.05) is 22.1 Å². The highest BCUT2D eigenvalue weighted by Crippen LogP contribution is 2.51. The van der Waals surface area contributed by atoms with E-state index >= 15 is 0 Å². The number of benzene rings is 3. The molecule has 10 heteroatoms. The van der Waals surface area contributed by atoms with E-state index in [9.17, 15) is 28.3 Å². The third-order valence-corrected chi connectivity index (χ3v) is 5.57. The second kappa shape index (κ2) is 8.76. The number of hydrogen-bond donors (Lipinski definition) is 3. The summed E-state index contributed by atoms with van der Waals surface area (Å²) in [6.07, 6.45) is -4.80.